The first-order valence-corrected chi connectivity index (χ1v) is 9.82. The molecule has 1 atom stereocenters. The number of ether oxygens (including phenoxy) is 1. The lowest BCUT2D eigenvalue weighted by molar-refractivity contribution is -0.143. The maximum Gasteiger partial charge on any atom is 0.305 e. The molecule has 0 saturated carbocycles. The fourth-order valence-electron chi connectivity index (χ4n) is 2.66. The third-order valence-corrected chi connectivity index (χ3v) is 5.60. The number of hydrogen-bond acceptors (Lipinski definition) is 4. The van der Waals surface area contributed by atoms with Gasteiger partial charge in [0.25, 0.3) is 0 Å². The minimum atomic E-state index is -0.0755. The van der Waals surface area contributed by atoms with Crippen molar-refractivity contribution in [3.63, 3.8) is 0 Å². The van der Waals surface area contributed by atoms with Gasteiger partial charge in [0.1, 0.15) is 0 Å². The van der Waals surface area contributed by atoms with E-state index < -0.39 is 0 Å². The van der Waals surface area contributed by atoms with E-state index in [0.29, 0.717) is 17.8 Å². The van der Waals surface area contributed by atoms with Crippen molar-refractivity contribution in [3.05, 3.63) is 0 Å². The van der Waals surface area contributed by atoms with E-state index in [-0.39, 0.29) is 5.97 Å². The highest BCUT2D eigenvalue weighted by Gasteiger charge is 2.29. The zero-order chi connectivity index (χ0) is 17.0. The van der Waals surface area contributed by atoms with Crippen LogP contribution in [0.5, 0.6) is 0 Å². The van der Waals surface area contributed by atoms with E-state index in [1.54, 1.807) is 0 Å². The van der Waals surface area contributed by atoms with Gasteiger partial charge in [-0.15, -0.1) is 0 Å². The van der Waals surface area contributed by atoms with Gasteiger partial charge in [0.05, 0.1) is 6.61 Å². The highest BCUT2D eigenvalue weighted by molar-refractivity contribution is 8.00. The lowest BCUT2D eigenvalue weighted by Gasteiger charge is -2.24. The molecule has 0 aromatic rings. The number of carbonyl (C=O) groups excluding carboxylic acids is 1. The summed E-state index contributed by atoms with van der Waals surface area (Å²) in [4.78, 5) is 15.5. The predicted molar refractivity (Wildman–Crippen MR) is 99.2 cm³/mol. The summed E-state index contributed by atoms with van der Waals surface area (Å²) in [5.41, 5.74) is 0. The van der Waals surface area contributed by atoms with E-state index in [1.165, 1.54) is 18.6 Å². The third kappa shape index (κ3) is 9.08. The van der Waals surface area contributed by atoms with Crippen LogP contribution in [0.2, 0.25) is 0 Å². The Bertz CT molecular complexity index is 369. The largest absolute Gasteiger partial charge is 0.466 e. The third-order valence-electron chi connectivity index (χ3n) is 4.06. The number of guanidine groups is 1. The van der Waals surface area contributed by atoms with Gasteiger partial charge in [-0.25, -0.2) is 0 Å². The second-order valence-electron chi connectivity index (χ2n) is 6.22. The average molecular weight is 344 g/mol. The number of nitrogens with one attached hydrogen (secondary N) is 2. The van der Waals surface area contributed by atoms with Crippen molar-refractivity contribution in [2.24, 2.45) is 4.99 Å². The molecule has 0 aliphatic carbocycles. The number of rotatable bonds is 10. The zero-order valence-corrected chi connectivity index (χ0v) is 15.8. The molecule has 0 amide bonds. The number of nitrogens with zero attached hydrogens (tertiary/aromatic N) is 1. The van der Waals surface area contributed by atoms with Crippen LogP contribution in [-0.2, 0) is 9.53 Å². The molecule has 1 rings (SSSR count). The van der Waals surface area contributed by atoms with Gasteiger partial charge >= 0.3 is 5.97 Å². The molecular weight excluding hydrogens is 310 g/mol. The van der Waals surface area contributed by atoms with Crippen LogP contribution in [-0.4, -0.2) is 49.2 Å². The highest BCUT2D eigenvalue weighted by Crippen LogP contribution is 2.36. The molecule has 0 aromatic carbocycles. The Labute approximate surface area is 145 Å². The Morgan fingerprint density at radius 2 is 2.04 bits per heavy atom. The second kappa shape index (κ2) is 11.6. The van der Waals surface area contributed by atoms with E-state index >= 15 is 0 Å². The van der Waals surface area contributed by atoms with Crippen LogP contribution < -0.4 is 10.6 Å². The van der Waals surface area contributed by atoms with Gasteiger partial charge in [-0.3, -0.25) is 9.79 Å². The topological polar surface area (TPSA) is 62.7 Å². The number of aliphatic imine (C=N–C) groups is 1. The van der Waals surface area contributed by atoms with Gasteiger partial charge in [0, 0.05) is 31.3 Å². The Kier molecular flexibility index (Phi) is 10.2. The van der Waals surface area contributed by atoms with Crippen LogP contribution in [0, 0.1) is 0 Å². The molecule has 1 unspecified atom stereocenters. The molecule has 5 nitrogen and oxygen atoms in total. The van der Waals surface area contributed by atoms with Crippen molar-refractivity contribution in [2.75, 3.05) is 32.5 Å². The maximum absolute atomic E-state index is 11.2. The van der Waals surface area contributed by atoms with E-state index in [2.05, 4.69) is 34.3 Å². The minimum absolute atomic E-state index is 0.0755. The van der Waals surface area contributed by atoms with Crippen molar-refractivity contribution >= 4 is 23.7 Å². The van der Waals surface area contributed by atoms with E-state index in [0.717, 1.165) is 44.7 Å². The standard InChI is InChI=1S/C17H33N3O2S/c1-4-22-15(21)10-7-5-6-8-12-19-16(18-3)20-14-17(2)11-9-13-23-17/h4-14H2,1-3H3,(H2,18,19,20). The quantitative estimate of drug-likeness (QED) is 0.276. The lowest BCUT2D eigenvalue weighted by atomic mass is 10.1. The monoisotopic (exact) mass is 343 g/mol. The van der Waals surface area contributed by atoms with Crippen molar-refractivity contribution in [1.82, 2.24) is 10.6 Å². The summed E-state index contributed by atoms with van der Waals surface area (Å²) in [5, 5.41) is 6.81. The van der Waals surface area contributed by atoms with Crippen molar-refractivity contribution < 1.29 is 9.53 Å². The number of carbonyl (C=O) groups is 1. The Balaban J connectivity index is 2.01. The molecular formula is C17H33N3O2S. The van der Waals surface area contributed by atoms with Crippen molar-refractivity contribution in [3.8, 4) is 0 Å². The summed E-state index contributed by atoms with van der Waals surface area (Å²) in [6.07, 6.45) is 7.35. The first-order valence-electron chi connectivity index (χ1n) is 8.84. The van der Waals surface area contributed by atoms with Crippen LogP contribution in [0.3, 0.4) is 0 Å². The molecule has 0 radical (unpaired) electrons. The molecule has 6 heteroatoms. The predicted octanol–water partition coefficient (Wildman–Crippen LogP) is 2.95. The number of unbranched alkanes of at least 4 members (excludes halogenated alkanes) is 3. The molecule has 1 saturated heterocycles. The van der Waals surface area contributed by atoms with E-state index in [1.807, 2.05) is 14.0 Å². The van der Waals surface area contributed by atoms with Crippen molar-refractivity contribution in [2.45, 2.75) is 63.5 Å². The molecule has 0 aromatic heterocycles. The Morgan fingerprint density at radius 1 is 1.26 bits per heavy atom. The summed E-state index contributed by atoms with van der Waals surface area (Å²) >= 11 is 2.06. The van der Waals surface area contributed by atoms with Gasteiger partial charge in [-0.05, 0) is 45.3 Å². The van der Waals surface area contributed by atoms with E-state index in [4.69, 9.17) is 4.74 Å². The van der Waals surface area contributed by atoms with Crippen LogP contribution >= 0.6 is 11.8 Å². The van der Waals surface area contributed by atoms with Crippen LogP contribution in [0.15, 0.2) is 4.99 Å². The fraction of sp³-hybridized carbons (Fsp3) is 0.882. The highest BCUT2D eigenvalue weighted by atomic mass is 32.2. The summed E-state index contributed by atoms with van der Waals surface area (Å²) in [7, 11) is 1.82. The van der Waals surface area contributed by atoms with Crippen LogP contribution in [0.25, 0.3) is 0 Å². The molecule has 1 aliphatic rings. The molecule has 1 heterocycles. The normalized spacial score (nSPS) is 21.3. The number of hydrogen-bond donors (Lipinski definition) is 2. The van der Waals surface area contributed by atoms with Gasteiger partial charge in [-0.1, -0.05) is 12.8 Å². The SMILES string of the molecule is CCOC(=O)CCCCCCNC(=NC)NCC1(C)CCCS1. The first kappa shape index (κ1) is 20.1. The summed E-state index contributed by atoms with van der Waals surface area (Å²) in [6, 6.07) is 0. The first-order chi connectivity index (χ1) is 11.1. The van der Waals surface area contributed by atoms with Crippen LogP contribution in [0.4, 0.5) is 0 Å². The molecule has 134 valence electrons. The van der Waals surface area contributed by atoms with Crippen molar-refractivity contribution in [1.29, 1.82) is 0 Å². The number of thioether (sulfide) groups is 1. The summed E-state index contributed by atoms with van der Waals surface area (Å²) in [6.45, 7) is 6.54. The Hall–Kier alpha value is -0.910. The molecule has 23 heavy (non-hydrogen) atoms. The summed E-state index contributed by atoms with van der Waals surface area (Å²) < 4.78 is 5.27. The lowest BCUT2D eigenvalue weighted by Crippen LogP contribution is -2.43. The van der Waals surface area contributed by atoms with Gasteiger partial charge in [0.2, 0.25) is 0 Å². The van der Waals surface area contributed by atoms with Gasteiger partial charge in [0.15, 0.2) is 5.96 Å². The zero-order valence-electron chi connectivity index (χ0n) is 15.0. The molecule has 1 fully saturated rings. The van der Waals surface area contributed by atoms with Gasteiger partial charge < -0.3 is 15.4 Å². The van der Waals surface area contributed by atoms with Crippen LogP contribution in [0.1, 0.15) is 58.8 Å². The van der Waals surface area contributed by atoms with Gasteiger partial charge in [-0.2, -0.15) is 11.8 Å². The Morgan fingerprint density at radius 3 is 2.70 bits per heavy atom. The number of esters is 1. The van der Waals surface area contributed by atoms with E-state index in [9.17, 15) is 4.79 Å². The second-order valence-corrected chi connectivity index (χ2v) is 7.91. The fourth-order valence-corrected chi connectivity index (χ4v) is 3.90. The minimum Gasteiger partial charge on any atom is -0.466 e. The average Bonchev–Trinajstić information content (AvgIpc) is 2.96. The summed E-state index contributed by atoms with van der Waals surface area (Å²) in [5.74, 6) is 2.09. The smallest absolute Gasteiger partial charge is 0.305 e. The maximum atomic E-state index is 11.2. The molecule has 1 aliphatic heterocycles. The molecule has 0 bridgehead atoms. The molecule has 2 N–H and O–H groups in total. The molecule has 0 spiro atoms.